The van der Waals surface area contributed by atoms with E-state index in [0.29, 0.717) is 0 Å². The van der Waals surface area contributed by atoms with Gasteiger partial charge >= 0.3 is 7.32 Å². The van der Waals surface area contributed by atoms with Crippen LogP contribution in [0.25, 0.3) is 0 Å². The Morgan fingerprint density at radius 2 is 1.50 bits per heavy atom. The number of hydrogen-bond acceptors (Lipinski definition) is 5. The molecule has 5 nitrogen and oxygen atoms in total. The van der Waals surface area contributed by atoms with Crippen molar-refractivity contribution in [3.8, 4) is 0 Å². The van der Waals surface area contributed by atoms with E-state index < -0.39 is 18.5 Å². The van der Waals surface area contributed by atoms with Gasteiger partial charge in [-0.1, -0.05) is 34.6 Å². The van der Waals surface area contributed by atoms with E-state index in [1.165, 1.54) is 6.33 Å². The SMILES string of the molecule is CC(C)C(C)(C)OB(O)OC(C)(c1cncnc1)C(C)(C)C. The molecule has 0 amide bonds. The molecule has 0 bridgehead atoms. The summed E-state index contributed by atoms with van der Waals surface area (Å²) in [5, 5.41) is 10.3. The van der Waals surface area contributed by atoms with Crippen molar-refractivity contribution >= 4 is 7.32 Å². The smallest absolute Gasteiger partial charge is 0.402 e. The van der Waals surface area contributed by atoms with Crippen molar-refractivity contribution in [1.29, 1.82) is 0 Å². The van der Waals surface area contributed by atoms with E-state index in [2.05, 4.69) is 9.97 Å². The summed E-state index contributed by atoms with van der Waals surface area (Å²) in [5.74, 6) is 0.242. The predicted octanol–water partition coefficient (Wildman–Crippen LogP) is 3.18. The van der Waals surface area contributed by atoms with E-state index in [4.69, 9.17) is 9.31 Å². The molecule has 0 saturated heterocycles. The van der Waals surface area contributed by atoms with Crippen LogP contribution in [-0.4, -0.2) is 27.9 Å². The zero-order valence-electron chi connectivity index (χ0n) is 15.0. The van der Waals surface area contributed by atoms with Crippen LogP contribution in [0.5, 0.6) is 0 Å². The van der Waals surface area contributed by atoms with Gasteiger partial charge in [-0.15, -0.1) is 0 Å². The average Bonchev–Trinajstić information content (AvgIpc) is 2.37. The lowest BCUT2D eigenvalue weighted by Crippen LogP contribution is -2.48. The summed E-state index contributed by atoms with van der Waals surface area (Å²) in [6, 6.07) is 0. The molecule has 0 spiro atoms. The Balaban J connectivity index is 3.02. The third kappa shape index (κ3) is 4.27. The molecule has 0 aliphatic rings. The first-order valence-corrected chi connectivity index (χ1v) is 7.69. The first-order valence-electron chi connectivity index (χ1n) is 7.69. The second kappa shape index (κ2) is 6.65. The van der Waals surface area contributed by atoms with Gasteiger partial charge < -0.3 is 14.3 Å². The van der Waals surface area contributed by atoms with Crippen LogP contribution < -0.4 is 0 Å². The largest absolute Gasteiger partial charge is 0.637 e. The third-order valence-electron chi connectivity index (χ3n) is 4.67. The minimum absolute atomic E-state index is 0.242. The number of rotatable bonds is 6. The van der Waals surface area contributed by atoms with Crippen LogP contribution in [0.1, 0.15) is 61.0 Å². The number of hydrogen-bond donors (Lipinski definition) is 1. The van der Waals surface area contributed by atoms with Crippen molar-refractivity contribution in [2.75, 3.05) is 0 Å². The molecular weight excluding hydrogens is 279 g/mol. The molecule has 0 fully saturated rings. The van der Waals surface area contributed by atoms with Crippen molar-refractivity contribution in [1.82, 2.24) is 9.97 Å². The summed E-state index contributed by atoms with van der Waals surface area (Å²) in [5.41, 5.74) is -0.775. The summed E-state index contributed by atoms with van der Waals surface area (Å²) in [4.78, 5) is 8.12. The van der Waals surface area contributed by atoms with Crippen molar-refractivity contribution in [3.05, 3.63) is 24.3 Å². The molecular formula is C16H29BN2O3. The summed E-state index contributed by atoms with van der Waals surface area (Å²) < 4.78 is 11.6. The van der Waals surface area contributed by atoms with Crippen LogP contribution in [-0.2, 0) is 14.9 Å². The van der Waals surface area contributed by atoms with Gasteiger partial charge in [0.2, 0.25) is 0 Å². The zero-order valence-corrected chi connectivity index (χ0v) is 15.0. The molecule has 1 rings (SSSR count). The standard InChI is InChI=1S/C16H29BN2O3/c1-12(2)15(6,7)21-17(20)22-16(8,14(3,4)5)13-9-18-11-19-10-13/h9-12,20H,1-8H3. The first-order chi connectivity index (χ1) is 9.90. The van der Waals surface area contributed by atoms with Crippen molar-refractivity contribution < 1.29 is 14.3 Å². The van der Waals surface area contributed by atoms with E-state index in [-0.39, 0.29) is 11.3 Å². The molecule has 1 aromatic rings. The second-order valence-corrected chi connectivity index (χ2v) is 7.71. The summed E-state index contributed by atoms with van der Waals surface area (Å²) in [6.45, 7) is 16.0. The zero-order chi connectivity index (χ0) is 17.2. The van der Waals surface area contributed by atoms with E-state index in [1.54, 1.807) is 12.4 Å². The Bertz CT molecular complexity index is 474. The fraction of sp³-hybridized carbons (Fsp3) is 0.750. The summed E-state index contributed by atoms with van der Waals surface area (Å²) >= 11 is 0. The fourth-order valence-electron chi connectivity index (χ4n) is 1.84. The molecule has 1 N–H and O–H groups in total. The van der Waals surface area contributed by atoms with E-state index >= 15 is 0 Å². The van der Waals surface area contributed by atoms with E-state index in [0.717, 1.165) is 5.56 Å². The highest BCUT2D eigenvalue weighted by Crippen LogP contribution is 2.42. The molecule has 0 aromatic carbocycles. The van der Waals surface area contributed by atoms with E-state index in [9.17, 15) is 5.02 Å². The van der Waals surface area contributed by atoms with Gasteiger partial charge in [-0.2, -0.15) is 0 Å². The molecule has 0 aliphatic carbocycles. The van der Waals surface area contributed by atoms with Crippen LogP contribution >= 0.6 is 0 Å². The van der Waals surface area contributed by atoms with Crippen molar-refractivity contribution in [2.45, 2.75) is 66.6 Å². The van der Waals surface area contributed by atoms with Crippen LogP contribution in [0, 0.1) is 11.3 Å². The lowest BCUT2D eigenvalue weighted by molar-refractivity contribution is -0.0886. The van der Waals surface area contributed by atoms with Gasteiger partial charge in [-0.05, 0) is 32.1 Å². The second-order valence-electron chi connectivity index (χ2n) is 7.71. The maximum Gasteiger partial charge on any atom is 0.637 e. The minimum Gasteiger partial charge on any atom is -0.402 e. The maximum atomic E-state index is 10.3. The topological polar surface area (TPSA) is 64.5 Å². The van der Waals surface area contributed by atoms with Gasteiger partial charge in [0.05, 0.1) is 11.2 Å². The van der Waals surface area contributed by atoms with Gasteiger partial charge in [0.25, 0.3) is 0 Å². The Kier molecular flexibility index (Phi) is 5.76. The summed E-state index contributed by atoms with van der Waals surface area (Å²) in [6.07, 6.45) is 4.89. The van der Waals surface area contributed by atoms with Crippen LogP contribution in [0.4, 0.5) is 0 Å². The van der Waals surface area contributed by atoms with Crippen LogP contribution in [0.3, 0.4) is 0 Å². The molecule has 1 unspecified atom stereocenters. The Hall–Kier alpha value is -0.975. The predicted molar refractivity (Wildman–Crippen MR) is 87.9 cm³/mol. The minimum atomic E-state index is -1.33. The number of aromatic nitrogens is 2. The van der Waals surface area contributed by atoms with Gasteiger partial charge in [0.15, 0.2) is 0 Å². The molecule has 22 heavy (non-hydrogen) atoms. The highest BCUT2D eigenvalue weighted by molar-refractivity contribution is 6.34. The average molecular weight is 308 g/mol. The van der Waals surface area contributed by atoms with Crippen molar-refractivity contribution in [2.24, 2.45) is 11.3 Å². The lowest BCUT2D eigenvalue weighted by Gasteiger charge is -2.43. The molecule has 6 heteroatoms. The molecule has 0 saturated carbocycles. The van der Waals surface area contributed by atoms with Gasteiger partial charge in [-0.25, -0.2) is 9.97 Å². The number of nitrogens with zero attached hydrogens (tertiary/aromatic N) is 2. The quantitative estimate of drug-likeness (QED) is 0.818. The van der Waals surface area contributed by atoms with Gasteiger partial charge in [0, 0.05) is 18.0 Å². The molecule has 124 valence electrons. The third-order valence-corrected chi connectivity index (χ3v) is 4.67. The maximum absolute atomic E-state index is 10.3. The Morgan fingerprint density at radius 3 is 1.91 bits per heavy atom. The fourth-order valence-corrected chi connectivity index (χ4v) is 1.84. The molecule has 0 radical (unpaired) electrons. The molecule has 1 aromatic heterocycles. The molecule has 1 heterocycles. The van der Waals surface area contributed by atoms with Gasteiger partial charge in [-0.3, -0.25) is 0 Å². The Morgan fingerprint density at radius 1 is 1.00 bits per heavy atom. The van der Waals surface area contributed by atoms with Crippen molar-refractivity contribution in [3.63, 3.8) is 0 Å². The van der Waals surface area contributed by atoms with Crippen LogP contribution in [0.2, 0.25) is 0 Å². The monoisotopic (exact) mass is 308 g/mol. The van der Waals surface area contributed by atoms with Gasteiger partial charge in [0.1, 0.15) is 6.33 Å². The lowest BCUT2D eigenvalue weighted by atomic mass is 9.73. The molecule has 0 aliphatic heterocycles. The molecule has 1 atom stereocenters. The first kappa shape index (κ1) is 19.1. The Labute approximate surface area is 134 Å². The highest BCUT2D eigenvalue weighted by atomic mass is 16.7. The highest BCUT2D eigenvalue weighted by Gasteiger charge is 2.45. The van der Waals surface area contributed by atoms with Crippen LogP contribution in [0.15, 0.2) is 18.7 Å². The normalized spacial score (nSPS) is 15.7. The summed E-state index contributed by atoms with van der Waals surface area (Å²) in [7, 11) is -1.33. The van der Waals surface area contributed by atoms with E-state index in [1.807, 2.05) is 55.4 Å².